The number of aliphatic hydroxyl groups excluding tert-OH is 1. The van der Waals surface area contributed by atoms with Gasteiger partial charge in [0.2, 0.25) is 0 Å². The summed E-state index contributed by atoms with van der Waals surface area (Å²) in [5, 5.41) is 20.7. The molecule has 1 saturated heterocycles. The maximum absolute atomic E-state index is 13.7. The zero-order valence-electron chi connectivity index (χ0n) is 25.1. The van der Waals surface area contributed by atoms with E-state index in [1.807, 2.05) is 37.3 Å². The number of nitrogens with one attached hydrogen (secondary N) is 3. The van der Waals surface area contributed by atoms with Crippen LogP contribution in [0.25, 0.3) is 0 Å². The molecule has 12 heteroatoms. The summed E-state index contributed by atoms with van der Waals surface area (Å²) in [6.45, 7) is 6.40. The molecule has 1 aliphatic rings. The number of rotatable bonds is 12. The predicted molar refractivity (Wildman–Crippen MR) is 170 cm³/mol. The number of nitrogens with zero attached hydrogens (tertiary/aromatic N) is 1. The lowest BCUT2D eigenvalue weighted by Gasteiger charge is -2.38. The van der Waals surface area contributed by atoms with E-state index in [9.17, 15) is 32.2 Å². The average Bonchev–Trinajstić information content (AvgIpc) is 3.34. The van der Waals surface area contributed by atoms with Crippen LogP contribution in [0.3, 0.4) is 0 Å². The summed E-state index contributed by atoms with van der Waals surface area (Å²) in [5.74, 6) is -0.200. The molecule has 0 spiro atoms. The van der Waals surface area contributed by atoms with Crippen LogP contribution < -0.4 is 20.3 Å². The van der Waals surface area contributed by atoms with Crippen molar-refractivity contribution in [3.05, 3.63) is 95.1 Å². The smallest absolute Gasteiger partial charge is 0.390 e. The maximum Gasteiger partial charge on any atom is 0.416 e. The van der Waals surface area contributed by atoms with Gasteiger partial charge in [-0.1, -0.05) is 42.5 Å². The van der Waals surface area contributed by atoms with Crippen LogP contribution >= 0.6 is 10.8 Å². The quantitative estimate of drug-likeness (QED) is 0.140. The van der Waals surface area contributed by atoms with E-state index in [4.69, 9.17) is 0 Å². The number of anilines is 2. The van der Waals surface area contributed by atoms with Crippen molar-refractivity contribution >= 4 is 28.1 Å². The second kappa shape index (κ2) is 13.8. The second-order valence-electron chi connectivity index (χ2n) is 11.5. The summed E-state index contributed by atoms with van der Waals surface area (Å²) in [4.78, 5) is 13.7. The topological polar surface area (TPSA) is 117 Å². The molecule has 0 bridgehead atoms. The zero-order chi connectivity index (χ0) is 32.1. The van der Waals surface area contributed by atoms with Crippen molar-refractivity contribution in [1.29, 1.82) is 0 Å². The number of carbonyl (C=O) groups is 1. The van der Waals surface area contributed by atoms with Crippen LogP contribution in [-0.4, -0.2) is 57.7 Å². The van der Waals surface area contributed by atoms with Crippen LogP contribution in [0.4, 0.5) is 24.5 Å². The molecule has 0 aliphatic carbocycles. The Balaban J connectivity index is 1.56. The number of aliphatic hydroxyl groups is 1. The van der Waals surface area contributed by atoms with E-state index >= 15 is 0 Å². The molecule has 0 radical (unpaired) electrons. The molecule has 1 amide bonds. The Morgan fingerprint density at radius 2 is 1.70 bits per heavy atom. The van der Waals surface area contributed by atoms with Crippen LogP contribution in [0.2, 0.25) is 0 Å². The molecule has 0 aromatic heterocycles. The molecule has 0 unspecified atom stereocenters. The lowest BCUT2D eigenvalue weighted by atomic mass is 9.92. The van der Waals surface area contributed by atoms with Crippen LogP contribution in [0, 0.1) is 0 Å². The monoisotopic (exact) mass is 634 g/mol. The standard InChI is InChI=1S/C32H41F3N4O4S/c1-4-36-26-17-23(18-27(20-26)39-14-9-15-44(39,42)43)30(41)38-28(16-22-10-6-5-7-11-22)29(40)21-37-31(2,3)24-12-8-13-25(19-24)32(33,34)35/h5-8,10-13,17-20,28-29,36-37,40,42-43H,4,9,14-16,21H2,1-3H3,(H,38,41)/t28-,29+/m0/s1. The molecule has 0 saturated carbocycles. The predicted octanol–water partition coefficient (Wildman–Crippen LogP) is 6.24. The van der Waals surface area contributed by atoms with E-state index in [0.717, 1.165) is 17.7 Å². The normalized spacial score (nSPS) is 17.2. The first-order valence-corrected chi connectivity index (χ1v) is 16.2. The molecule has 1 aliphatic heterocycles. The van der Waals surface area contributed by atoms with Crippen LogP contribution in [-0.2, 0) is 18.1 Å². The molecule has 6 N–H and O–H groups in total. The van der Waals surface area contributed by atoms with Crippen molar-refractivity contribution < 1.29 is 32.2 Å². The molecular formula is C32H41F3N4O4S. The summed E-state index contributed by atoms with van der Waals surface area (Å²) in [6.07, 6.45) is -4.67. The zero-order valence-corrected chi connectivity index (χ0v) is 25.9. The van der Waals surface area contributed by atoms with E-state index in [1.54, 1.807) is 38.1 Å². The Morgan fingerprint density at radius 3 is 2.34 bits per heavy atom. The van der Waals surface area contributed by atoms with Crippen molar-refractivity contribution in [1.82, 2.24) is 10.6 Å². The molecule has 1 heterocycles. The fraction of sp³-hybridized carbons (Fsp3) is 0.406. The highest BCUT2D eigenvalue weighted by Gasteiger charge is 2.33. The highest BCUT2D eigenvalue weighted by Crippen LogP contribution is 2.51. The Labute approximate surface area is 258 Å². The molecule has 2 atom stereocenters. The van der Waals surface area contributed by atoms with Crippen LogP contribution in [0.1, 0.15) is 54.2 Å². The molecule has 240 valence electrons. The van der Waals surface area contributed by atoms with Gasteiger partial charge in [0.25, 0.3) is 5.91 Å². The lowest BCUT2D eigenvalue weighted by molar-refractivity contribution is -0.137. The van der Waals surface area contributed by atoms with Crippen LogP contribution in [0.5, 0.6) is 0 Å². The van der Waals surface area contributed by atoms with Crippen LogP contribution in [0.15, 0.2) is 72.8 Å². The number of amides is 1. The minimum absolute atomic E-state index is 0.0155. The van der Waals surface area contributed by atoms with Gasteiger partial charge >= 0.3 is 6.18 Å². The number of carbonyl (C=O) groups excluding carboxylic acids is 1. The first-order chi connectivity index (χ1) is 20.7. The van der Waals surface area contributed by atoms with Crippen molar-refractivity contribution in [3.8, 4) is 0 Å². The Kier molecular flexibility index (Phi) is 10.5. The van der Waals surface area contributed by atoms with Gasteiger partial charge in [-0.3, -0.25) is 18.2 Å². The highest BCUT2D eigenvalue weighted by molar-refractivity contribution is 8.25. The van der Waals surface area contributed by atoms with Gasteiger partial charge < -0.3 is 21.1 Å². The molecule has 3 aromatic carbocycles. The van der Waals surface area contributed by atoms with Crippen molar-refractivity contribution in [3.63, 3.8) is 0 Å². The van der Waals surface area contributed by atoms with Gasteiger partial charge in [-0.2, -0.15) is 13.2 Å². The summed E-state index contributed by atoms with van der Waals surface area (Å²) < 4.78 is 62.6. The van der Waals surface area contributed by atoms with Gasteiger partial charge in [-0.05, 0) is 75.1 Å². The van der Waals surface area contributed by atoms with Gasteiger partial charge in [-0.15, -0.1) is 10.8 Å². The van der Waals surface area contributed by atoms with Gasteiger partial charge in [0.05, 0.1) is 29.1 Å². The van der Waals surface area contributed by atoms with Gasteiger partial charge in [0.15, 0.2) is 0 Å². The highest BCUT2D eigenvalue weighted by atomic mass is 32.3. The van der Waals surface area contributed by atoms with E-state index in [1.165, 1.54) is 10.4 Å². The van der Waals surface area contributed by atoms with Crippen molar-refractivity contribution in [2.75, 3.05) is 35.0 Å². The fourth-order valence-corrected chi connectivity index (χ4v) is 6.84. The summed E-state index contributed by atoms with van der Waals surface area (Å²) >= 11 is 0. The molecule has 1 fully saturated rings. The lowest BCUT2D eigenvalue weighted by Crippen LogP contribution is -2.51. The minimum atomic E-state index is -4.48. The molecule has 44 heavy (non-hydrogen) atoms. The number of alkyl halides is 3. The van der Waals surface area contributed by atoms with E-state index in [-0.39, 0.29) is 17.9 Å². The third kappa shape index (κ3) is 8.45. The average molecular weight is 635 g/mol. The molecule has 4 rings (SSSR count). The minimum Gasteiger partial charge on any atom is -0.390 e. The Bertz CT molecular complexity index is 1420. The Hall–Kier alpha value is -3.29. The summed E-state index contributed by atoms with van der Waals surface area (Å²) in [5.41, 5.74) is 1.04. The fourth-order valence-electron chi connectivity index (χ4n) is 5.24. The van der Waals surface area contributed by atoms with Crippen molar-refractivity contribution in [2.45, 2.75) is 57.5 Å². The van der Waals surface area contributed by atoms with Gasteiger partial charge in [-0.25, -0.2) is 0 Å². The van der Waals surface area contributed by atoms with E-state index < -0.39 is 46.1 Å². The first kappa shape index (κ1) is 33.6. The van der Waals surface area contributed by atoms with E-state index in [2.05, 4.69) is 16.0 Å². The molecular weight excluding hydrogens is 593 g/mol. The van der Waals surface area contributed by atoms with Gasteiger partial charge in [0.1, 0.15) is 0 Å². The third-order valence-electron chi connectivity index (χ3n) is 7.73. The van der Waals surface area contributed by atoms with Crippen molar-refractivity contribution in [2.24, 2.45) is 0 Å². The maximum atomic E-state index is 13.7. The SMILES string of the molecule is CCNc1cc(C(=O)N[C@@H](Cc2ccccc2)[C@H](O)CNC(C)(C)c2cccc(C(F)(F)F)c2)cc(N2CCCS2(O)O)c1. The largest absolute Gasteiger partial charge is 0.416 e. The second-order valence-corrected chi connectivity index (χ2v) is 13.6. The number of halogens is 3. The molecule has 3 aromatic rings. The number of hydrogen-bond donors (Lipinski definition) is 6. The summed E-state index contributed by atoms with van der Waals surface area (Å²) in [7, 11) is -2.98. The van der Waals surface area contributed by atoms with E-state index in [0.29, 0.717) is 42.9 Å². The molecule has 8 nitrogen and oxygen atoms in total. The number of benzene rings is 3. The Morgan fingerprint density at radius 1 is 1.00 bits per heavy atom. The summed E-state index contributed by atoms with van der Waals surface area (Å²) in [6, 6.07) is 18.7. The van der Waals surface area contributed by atoms with Gasteiger partial charge in [0, 0.05) is 36.4 Å². The number of hydrogen-bond acceptors (Lipinski definition) is 7. The first-order valence-electron chi connectivity index (χ1n) is 14.6. The third-order valence-corrected chi connectivity index (χ3v) is 9.66.